The van der Waals surface area contributed by atoms with Gasteiger partial charge < -0.3 is 5.32 Å². The largest absolute Gasteiger partial charge is 0.324 e. The Morgan fingerprint density at radius 1 is 1.52 bits per heavy atom. The molecule has 0 aliphatic rings. The van der Waals surface area contributed by atoms with Crippen molar-refractivity contribution in [3.63, 3.8) is 0 Å². The summed E-state index contributed by atoms with van der Waals surface area (Å²) in [6, 6.07) is 4.80. The third kappa shape index (κ3) is 3.46. The number of carbonyl (C=O) groups excluding carboxylic acids is 1. The Balaban J connectivity index is 2.11. The molecule has 110 valence electrons. The van der Waals surface area contributed by atoms with Crippen LogP contribution in [-0.2, 0) is 4.79 Å². The average Bonchev–Trinajstić information content (AvgIpc) is 2.92. The molecule has 2 rings (SSSR count). The maximum Gasteiger partial charge on any atom is 0.307 e. The van der Waals surface area contributed by atoms with Crippen LogP contribution in [0.2, 0.25) is 0 Å². The van der Waals surface area contributed by atoms with Crippen LogP contribution in [-0.4, -0.2) is 20.6 Å². The molecule has 7 nitrogen and oxygen atoms in total. The van der Waals surface area contributed by atoms with Crippen molar-refractivity contribution in [2.75, 3.05) is 5.32 Å². The monoisotopic (exact) mass is 352 g/mol. The lowest BCUT2D eigenvalue weighted by Crippen LogP contribution is -2.24. The van der Waals surface area contributed by atoms with E-state index in [1.54, 1.807) is 13.0 Å². The number of halogens is 1. The van der Waals surface area contributed by atoms with Gasteiger partial charge in [0.15, 0.2) is 0 Å². The van der Waals surface area contributed by atoms with Crippen LogP contribution < -0.4 is 5.32 Å². The Kier molecular flexibility index (Phi) is 4.37. The van der Waals surface area contributed by atoms with Crippen molar-refractivity contribution >= 4 is 33.2 Å². The molecule has 0 bridgehead atoms. The first-order valence-corrected chi connectivity index (χ1v) is 6.93. The van der Waals surface area contributed by atoms with Crippen molar-refractivity contribution in [2.45, 2.75) is 19.9 Å². The second-order valence-electron chi connectivity index (χ2n) is 4.56. The lowest BCUT2D eigenvalue weighted by Gasteiger charge is -2.13. The number of nitrogens with one attached hydrogen (secondary N) is 1. The summed E-state index contributed by atoms with van der Waals surface area (Å²) in [4.78, 5) is 22.2. The average molecular weight is 353 g/mol. The van der Waals surface area contributed by atoms with Gasteiger partial charge in [0.2, 0.25) is 5.91 Å². The van der Waals surface area contributed by atoms with Crippen molar-refractivity contribution in [1.29, 1.82) is 0 Å². The van der Waals surface area contributed by atoms with Crippen LogP contribution in [0.5, 0.6) is 0 Å². The molecular formula is C13H13BrN4O3. The van der Waals surface area contributed by atoms with Gasteiger partial charge in [-0.2, -0.15) is 5.10 Å². The van der Waals surface area contributed by atoms with Gasteiger partial charge in [-0.1, -0.05) is 15.9 Å². The van der Waals surface area contributed by atoms with Gasteiger partial charge in [0.1, 0.15) is 18.4 Å². The predicted molar refractivity (Wildman–Crippen MR) is 81.1 cm³/mol. The predicted octanol–water partition coefficient (Wildman–Crippen LogP) is 3.06. The molecular weight excluding hydrogens is 340 g/mol. The summed E-state index contributed by atoms with van der Waals surface area (Å²) in [6.07, 6.45) is 2.35. The quantitative estimate of drug-likeness (QED) is 0.676. The van der Waals surface area contributed by atoms with Gasteiger partial charge in [-0.15, -0.1) is 0 Å². The van der Waals surface area contributed by atoms with E-state index < -0.39 is 11.0 Å². The van der Waals surface area contributed by atoms with Gasteiger partial charge in [0, 0.05) is 10.2 Å². The fourth-order valence-electron chi connectivity index (χ4n) is 1.72. The second-order valence-corrected chi connectivity index (χ2v) is 5.42. The molecule has 0 spiro atoms. The van der Waals surface area contributed by atoms with E-state index in [1.165, 1.54) is 10.9 Å². The van der Waals surface area contributed by atoms with E-state index in [9.17, 15) is 14.9 Å². The molecule has 1 aromatic carbocycles. The summed E-state index contributed by atoms with van der Waals surface area (Å²) in [7, 11) is 0. The first-order valence-electron chi connectivity index (χ1n) is 6.14. The molecule has 0 aliphatic carbocycles. The third-order valence-corrected chi connectivity index (χ3v) is 3.89. The van der Waals surface area contributed by atoms with Gasteiger partial charge >= 0.3 is 5.69 Å². The highest BCUT2D eigenvalue weighted by atomic mass is 79.9. The lowest BCUT2D eigenvalue weighted by molar-refractivity contribution is -0.385. The highest BCUT2D eigenvalue weighted by Crippen LogP contribution is 2.21. The summed E-state index contributed by atoms with van der Waals surface area (Å²) in [5.41, 5.74) is 1.51. The molecule has 21 heavy (non-hydrogen) atoms. The zero-order chi connectivity index (χ0) is 15.6. The van der Waals surface area contributed by atoms with Crippen LogP contribution >= 0.6 is 15.9 Å². The fraction of sp³-hybridized carbons (Fsp3) is 0.231. The second kappa shape index (κ2) is 6.04. The van der Waals surface area contributed by atoms with Crippen molar-refractivity contribution < 1.29 is 9.72 Å². The van der Waals surface area contributed by atoms with Gasteiger partial charge in [0.05, 0.1) is 4.92 Å². The van der Waals surface area contributed by atoms with Gasteiger partial charge in [-0.25, -0.2) is 0 Å². The maximum absolute atomic E-state index is 12.1. The number of nitro groups is 1. The molecule has 1 aromatic heterocycles. The number of aryl methyl sites for hydroxylation is 1. The first-order chi connectivity index (χ1) is 9.88. The topological polar surface area (TPSA) is 90.1 Å². The lowest BCUT2D eigenvalue weighted by atomic mass is 10.2. The van der Waals surface area contributed by atoms with E-state index in [1.807, 2.05) is 19.1 Å². The van der Waals surface area contributed by atoms with Gasteiger partial charge in [0.25, 0.3) is 0 Å². The Morgan fingerprint density at radius 2 is 2.24 bits per heavy atom. The maximum atomic E-state index is 12.1. The van der Waals surface area contributed by atoms with Crippen LogP contribution in [0.25, 0.3) is 0 Å². The summed E-state index contributed by atoms with van der Waals surface area (Å²) < 4.78 is 2.22. The molecule has 1 unspecified atom stereocenters. The van der Waals surface area contributed by atoms with Crippen LogP contribution in [0.3, 0.4) is 0 Å². The van der Waals surface area contributed by atoms with Crippen molar-refractivity contribution in [3.05, 3.63) is 50.7 Å². The van der Waals surface area contributed by atoms with E-state index in [4.69, 9.17) is 0 Å². The normalized spacial score (nSPS) is 12.0. The number of nitrogens with zero attached hydrogens (tertiary/aromatic N) is 3. The number of rotatable bonds is 4. The molecule has 1 N–H and O–H groups in total. The van der Waals surface area contributed by atoms with Crippen LogP contribution in [0.4, 0.5) is 11.4 Å². The SMILES string of the molecule is Cc1cc(NC(=O)C(C)n2cc([N+](=O)[O-])cn2)ccc1Br. The minimum absolute atomic E-state index is 0.144. The number of hydrogen-bond acceptors (Lipinski definition) is 4. The molecule has 0 saturated heterocycles. The zero-order valence-electron chi connectivity index (χ0n) is 11.4. The smallest absolute Gasteiger partial charge is 0.307 e. The van der Waals surface area contributed by atoms with Crippen LogP contribution in [0.1, 0.15) is 18.5 Å². The minimum Gasteiger partial charge on any atom is -0.324 e. The zero-order valence-corrected chi connectivity index (χ0v) is 13.0. The molecule has 1 amide bonds. The Bertz CT molecular complexity index is 698. The van der Waals surface area contributed by atoms with Crippen molar-refractivity contribution in [2.24, 2.45) is 0 Å². The Labute approximate surface area is 129 Å². The van der Waals surface area contributed by atoms with E-state index in [0.717, 1.165) is 16.2 Å². The molecule has 8 heteroatoms. The minimum atomic E-state index is -0.650. The molecule has 0 radical (unpaired) electrons. The van der Waals surface area contributed by atoms with Crippen molar-refractivity contribution in [3.8, 4) is 0 Å². The van der Waals surface area contributed by atoms with E-state index >= 15 is 0 Å². The van der Waals surface area contributed by atoms with Crippen LogP contribution in [0, 0.1) is 17.0 Å². The summed E-state index contributed by atoms with van der Waals surface area (Å²) in [5.74, 6) is -0.297. The Hall–Kier alpha value is -2.22. The molecule has 2 aromatic rings. The van der Waals surface area contributed by atoms with E-state index in [-0.39, 0.29) is 11.6 Å². The highest BCUT2D eigenvalue weighted by molar-refractivity contribution is 9.10. The molecule has 1 heterocycles. The number of benzene rings is 1. The number of amides is 1. The van der Waals surface area contributed by atoms with Crippen molar-refractivity contribution in [1.82, 2.24) is 9.78 Å². The standard InChI is InChI=1S/C13H13BrN4O3/c1-8-5-10(3-4-12(8)14)16-13(19)9(2)17-7-11(6-15-17)18(20)21/h3-7,9H,1-2H3,(H,16,19). The number of anilines is 1. The molecule has 0 aliphatic heterocycles. The van der Waals surface area contributed by atoms with Gasteiger partial charge in [-0.3, -0.25) is 19.6 Å². The van der Waals surface area contributed by atoms with Gasteiger partial charge in [-0.05, 0) is 37.6 Å². The summed E-state index contributed by atoms with van der Waals surface area (Å²) in [5, 5.41) is 17.2. The summed E-state index contributed by atoms with van der Waals surface area (Å²) in [6.45, 7) is 3.54. The number of aromatic nitrogens is 2. The molecule has 0 fully saturated rings. The third-order valence-electron chi connectivity index (χ3n) is 3.00. The summed E-state index contributed by atoms with van der Waals surface area (Å²) >= 11 is 3.39. The number of carbonyl (C=O) groups is 1. The number of hydrogen-bond donors (Lipinski definition) is 1. The van der Waals surface area contributed by atoms with E-state index in [2.05, 4.69) is 26.3 Å². The first kappa shape index (κ1) is 15.2. The molecule has 1 atom stereocenters. The van der Waals surface area contributed by atoms with Crippen LogP contribution in [0.15, 0.2) is 35.1 Å². The molecule has 0 saturated carbocycles. The highest BCUT2D eigenvalue weighted by Gasteiger charge is 2.19. The Morgan fingerprint density at radius 3 is 2.81 bits per heavy atom. The fourth-order valence-corrected chi connectivity index (χ4v) is 1.97. The van der Waals surface area contributed by atoms with E-state index in [0.29, 0.717) is 5.69 Å².